The molecule has 0 spiro atoms. The topological polar surface area (TPSA) is 46.5 Å². The predicted octanol–water partition coefficient (Wildman–Crippen LogP) is 3.99. The van der Waals surface area contributed by atoms with Gasteiger partial charge in [0.05, 0.1) is 18.5 Å². The van der Waals surface area contributed by atoms with Crippen molar-refractivity contribution in [2.24, 2.45) is 5.10 Å². The third-order valence-corrected chi connectivity index (χ3v) is 3.52. The number of nitrogens with zero attached hydrogens (tertiary/aromatic N) is 2. The molecule has 106 valence electrons. The molecule has 0 radical (unpaired) electrons. The van der Waals surface area contributed by atoms with Gasteiger partial charge in [0.2, 0.25) is 5.13 Å². The largest absolute Gasteiger partial charge is 0.493 e. The lowest BCUT2D eigenvalue weighted by molar-refractivity contribution is 0.315. The number of aryl methyl sites for hydroxylation is 2. The summed E-state index contributed by atoms with van der Waals surface area (Å²) < 4.78 is 5.65. The maximum atomic E-state index is 5.65. The Labute approximate surface area is 123 Å². The smallest absolute Gasteiger partial charge is 0.203 e. The van der Waals surface area contributed by atoms with Gasteiger partial charge in [-0.3, -0.25) is 5.43 Å². The van der Waals surface area contributed by atoms with Crippen LogP contribution in [0.1, 0.15) is 30.2 Å². The van der Waals surface area contributed by atoms with Crippen LogP contribution in [-0.4, -0.2) is 17.8 Å². The molecule has 0 saturated heterocycles. The number of ether oxygens (including phenoxy) is 1. The van der Waals surface area contributed by atoms with E-state index in [-0.39, 0.29) is 0 Å². The standard InChI is InChI=1S/C15H19N3OS/c1-4-7-19-14-6-5-13(8-11(14)2)9-16-18-15-17-12(3)10-20-15/h5-6,8-10H,4,7H2,1-3H3,(H,17,18). The Kier molecular flexibility index (Phi) is 5.12. The number of aromatic nitrogens is 1. The maximum Gasteiger partial charge on any atom is 0.203 e. The normalized spacial score (nSPS) is 10.9. The first-order valence-electron chi connectivity index (χ1n) is 6.63. The summed E-state index contributed by atoms with van der Waals surface area (Å²) in [6.07, 6.45) is 2.80. The van der Waals surface area contributed by atoms with E-state index >= 15 is 0 Å². The lowest BCUT2D eigenvalue weighted by atomic mass is 10.1. The van der Waals surface area contributed by atoms with Gasteiger partial charge in [0.15, 0.2) is 0 Å². The molecular weight excluding hydrogens is 270 g/mol. The van der Waals surface area contributed by atoms with E-state index in [4.69, 9.17) is 4.74 Å². The molecule has 0 unspecified atom stereocenters. The number of benzene rings is 1. The third-order valence-electron chi connectivity index (χ3n) is 2.65. The summed E-state index contributed by atoms with van der Waals surface area (Å²) in [5.74, 6) is 0.938. The monoisotopic (exact) mass is 289 g/mol. The zero-order valence-corrected chi connectivity index (χ0v) is 12.8. The summed E-state index contributed by atoms with van der Waals surface area (Å²) in [4.78, 5) is 4.28. The summed E-state index contributed by atoms with van der Waals surface area (Å²) >= 11 is 1.54. The van der Waals surface area contributed by atoms with Crippen molar-refractivity contribution in [2.45, 2.75) is 27.2 Å². The van der Waals surface area contributed by atoms with Gasteiger partial charge in [-0.1, -0.05) is 6.92 Å². The first-order valence-corrected chi connectivity index (χ1v) is 7.51. The van der Waals surface area contributed by atoms with Gasteiger partial charge in [-0.15, -0.1) is 11.3 Å². The van der Waals surface area contributed by atoms with Crippen molar-refractivity contribution in [3.05, 3.63) is 40.4 Å². The minimum Gasteiger partial charge on any atom is -0.493 e. The lowest BCUT2D eigenvalue weighted by Gasteiger charge is -2.08. The summed E-state index contributed by atoms with van der Waals surface area (Å²) in [7, 11) is 0. The number of nitrogens with one attached hydrogen (secondary N) is 1. The Bertz CT molecular complexity index is 593. The Balaban J connectivity index is 1.97. The van der Waals surface area contributed by atoms with Crippen molar-refractivity contribution in [1.82, 2.24) is 4.98 Å². The lowest BCUT2D eigenvalue weighted by Crippen LogP contribution is -1.97. The van der Waals surface area contributed by atoms with Gasteiger partial charge in [0.25, 0.3) is 0 Å². The molecule has 2 aromatic rings. The molecule has 0 saturated carbocycles. The molecule has 0 aliphatic rings. The number of rotatable bonds is 6. The Morgan fingerprint density at radius 1 is 1.40 bits per heavy atom. The summed E-state index contributed by atoms with van der Waals surface area (Å²) in [5, 5.41) is 6.98. The van der Waals surface area contributed by atoms with Crippen molar-refractivity contribution in [3.8, 4) is 5.75 Å². The molecule has 1 heterocycles. The van der Waals surface area contributed by atoms with Gasteiger partial charge in [-0.25, -0.2) is 4.98 Å². The molecule has 20 heavy (non-hydrogen) atoms. The van der Waals surface area contributed by atoms with E-state index < -0.39 is 0 Å². The van der Waals surface area contributed by atoms with Crippen LogP contribution in [0, 0.1) is 13.8 Å². The molecular formula is C15H19N3OS. The zero-order valence-electron chi connectivity index (χ0n) is 12.0. The number of hydrogen-bond acceptors (Lipinski definition) is 5. The molecule has 0 aliphatic heterocycles. The van der Waals surface area contributed by atoms with Gasteiger partial charge in [-0.05, 0) is 49.6 Å². The molecule has 1 N–H and O–H groups in total. The molecule has 2 rings (SSSR count). The van der Waals surface area contributed by atoms with Crippen LogP contribution < -0.4 is 10.2 Å². The van der Waals surface area contributed by atoms with Crippen LogP contribution in [0.4, 0.5) is 5.13 Å². The van der Waals surface area contributed by atoms with E-state index in [2.05, 4.69) is 28.5 Å². The first-order chi connectivity index (χ1) is 9.69. The minimum atomic E-state index is 0.749. The number of hydrogen-bond donors (Lipinski definition) is 1. The quantitative estimate of drug-likeness (QED) is 0.646. The van der Waals surface area contributed by atoms with Crippen LogP contribution >= 0.6 is 11.3 Å². The van der Waals surface area contributed by atoms with Crippen molar-refractivity contribution in [3.63, 3.8) is 0 Å². The van der Waals surface area contributed by atoms with Crippen LogP contribution in [0.3, 0.4) is 0 Å². The molecule has 5 heteroatoms. The molecule has 1 aromatic carbocycles. The van der Waals surface area contributed by atoms with Crippen molar-refractivity contribution >= 4 is 22.7 Å². The molecule has 0 aliphatic carbocycles. The fraction of sp³-hybridized carbons (Fsp3) is 0.333. The predicted molar refractivity (Wildman–Crippen MR) is 85.0 cm³/mol. The van der Waals surface area contributed by atoms with E-state index in [0.717, 1.165) is 40.7 Å². The fourth-order valence-electron chi connectivity index (χ4n) is 1.69. The molecule has 0 fully saturated rings. The van der Waals surface area contributed by atoms with Gasteiger partial charge in [0, 0.05) is 5.38 Å². The number of anilines is 1. The SMILES string of the molecule is CCCOc1ccc(C=NNc2nc(C)cs2)cc1C. The summed E-state index contributed by atoms with van der Waals surface area (Å²) in [5.41, 5.74) is 6.08. The molecule has 0 bridgehead atoms. The van der Waals surface area contributed by atoms with E-state index in [0.29, 0.717) is 0 Å². The highest BCUT2D eigenvalue weighted by molar-refractivity contribution is 7.13. The van der Waals surface area contributed by atoms with Crippen LogP contribution in [-0.2, 0) is 0 Å². The molecule has 4 nitrogen and oxygen atoms in total. The van der Waals surface area contributed by atoms with Gasteiger partial charge in [0.1, 0.15) is 5.75 Å². The van der Waals surface area contributed by atoms with Crippen LogP contribution in [0.15, 0.2) is 28.7 Å². The van der Waals surface area contributed by atoms with Crippen LogP contribution in [0.2, 0.25) is 0 Å². The van der Waals surface area contributed by atoms with Crippen LogP contribution in [0.25, 0.3) is 0 Å². The molecule has 0 amide bonds. The first kappa shape index (κ1) is 14.5. The Morgan fingerprint density at radius 3 is 2.90 bits per heavy atom. The van der Waals surface area contributed by atoms with Crippen molar-refractivity contribution in [2.75, 3.05) is 12.0 Å². The second kappa shape index (κ2) is 7.05. The number of thiazole rings is 1. The summed E-state index contributed by atoms with van der Waals surface area (Å²) in [6, 6.07) is 6.04. The van der Waals surface area contributed by atoms with Crippen molar-refractivity contribution in [1.29, 1.82) is 0 Å². The zero-order chi connectivity index (χ0) is 14.4. The number of hydrazone groups is 1. The van der Waals surface area contributed by atoms with E-state index in [1.54, 1.807) is 17.6 Å². The summed E-state index contributed by atoms with van der Waals surface area (Å²) in [6.45, 7) is 6.85. The Morgan fingerprint density at radius 2 is 2.25 bits per heavy atom. The highest BCUT2D eigenvalue weighted by atomic mass is 32.1. The highest BCUT2D eigenvalue weighted by Gasteiger charge is 2.00. The van der Waals surface area contributed by atoms with Gasteiger partial charge in [-0.2, -0.15) is 5.10 Å². The van der Waals surface area contributed by atoms with Gasteiger partial charge >= 0.3 is 0 Å². The van der Waals surface area contributed by atoms with E-state index in [1.807, 2.05) is 31.4 Å². The van der Waals surface area contributed by atoms with Crippen LogP contribution in [0.5, 0.6) is 5.75 Å². The van der Waals surface area contributed by atoms with E-state index in [1.165, 1.54) is 0 Å². The average molecular weight is 289 g/mol. The highest BCUT2D eigenvalue weighted by Crippen LogP contribution is 2.19. The van der Waals surface area contributed by atoms with Crippen molar-refractivity contribution < 1.29 is 4.74 Å². The average Bonchev–Trinajstić information content (AvgIpc) is 2.84. The molecule has 0 atom stereocenters. The van der Waals surface area contributed by atoms with E-state index in [9.17, 15) is 0 Å². The second-order valence-electron chi connectivity index (χ2n) is 4.54. The molecule has 1 aromatic heterocycles. The second-order valence-corrected chi connectivity index (χ2v) is 5.40. The fourth-order valence-corrected chi connectivity index (χ4v) is 2.33. The maximum absolute atomic E-state index is 5.65. The third kappa shape index (κ3) is 4.06. The Hall–Kier alpha value is -1.88. The minimum absolute atomic E-state index is 0.749. The van der Waals surface area contributed by atoms with Gasteiger partial charge < -0.3 is 4.74 Å².